The Hall–Kier alpha value is -2.20. The first-order valence-corrected chi connectivity index (χ1v) is 12.4. The number of carbonyl (C=O) groups is 1. The Labute approximate surface area is 192 Å². The second kappa shape index (κ2) is 9.74. The zero-order valence-electron chi connectivity index (χ0n) is 17.5. The predicted octanol–water partition coefficient (Wildman–Crippen LogP) is 3.74. The molecule has 0 bridgehead atoms. The van der Waals surface area contributed by atoms with Gasteiger partial charge in [0.25, 0.3) is 5.91 Å². The number of nitrogens with one attached hydrogen (secondary N) is 1. The number of hydrogen-bond donors (Lipinski definition) is 1. The lowest BCUT2D eigenvalue weighted by Gasteiger charge is -2.31. The highest BCUT2D eigenvalue weighted by Crippen LogP contribution is 2.33. The number of anilines is 2. The molecule has 2 aromatic carbocycles. The second-order valence-electron chi connectivity index (χ2n) is 7.82. The van der Waals surface area contributed by atoms with Gasteiger partial charge in [-0.25, -0.2) is 12.8 Å². The standard InChI is InChI=1S/C22H25ClFN3O4S/c23-16-4-6-18(19(24)14-16)22(28)25-20-15-17(32(29,30)27-10-12-31-13-11-27)5-7-21(20)26-8-2-1-3-9-26/h4-7,14-15H,1-3,8-13H2,(H,25,28). The van der Waals surface area contributed by atoms with E-state index in [9.17, 15) is 17.6 Å². The lowest BCUT2D eigenvalue weighted by molar-refractivity contribution is 0.0730. The highest BCUT2D eigenvalue weighted by atomic mass is 35.5. The number of nitrogens with zero attached hydrogens (tertiary/aromatic N) is 2. The van der Waals surface area contributed by atoms with E-state index in [2.05, 4.69) is 10.2 Å². The van der Waals surface area contributed by atoms with Crippen LogP contribution in [0.3, 0.4) is 0 Å². The van der Waals surface area contributed by atoms with Crippen molar-refractivity contribution in [2.24, 2.45) is 0 Å². The summed E-state index contributed by atoms with van der Waals surface area (Å²) in [6.45, 7) is 2.82. The van der Waals surface area contributed by atoms with E-state index >= 15 is 0 Å². The van der Waals surface area contributed by atoms with Crippen LogP contribution in [0.1, 0.15) is 29.6 Å². The summed E-state index contributed by atoms with van der Waals surface area (Å²) in [6, 6.07) is 8.55. The van der Waals surface area contributed by atoms with Gasteiger partial charge < -0.3 is 15.0 Å². The van der Waals surface area contributed by atoms with Crippen LogP contribution >= 0.6 is 11.6 Å². The summed E-state index contributed by atoms with van der Waals surface area (Å²) in [5.74, 6) is -1.41. The van der Waals surface area contributed by atoms with E-state index in [0.29, 0.717) is 24.6 Å². The van der Waals surface area contributed by atoms with Crippen LogP contribution < -0.4 is 10.2 Å². The monoisotopic (exact) mass is 481 g/mol. The van der Waals surface area contributed by atoms with E-state index in [1.807, 2.05) is 0 Å². The summed E-state index contributed by atoms with van der Waals surface area (Å²) >= 11 is 5.79. The number of carbonyl (C=O) groups excluding carboxylic acids is 1. The smallest absolute Gasteiger partial charge is 0.258 e. The fraction of sp³-hybridized carbons (Fsp3) is 0.409. The number of amides is 1. The first-order valence-electron chi connectivity index (χ1n) is 10.6. The molecule has 2 saturated heterocycles. The molecule has 2 aliphatic heterocycles. The van der Waals surface area contributed by atoms with Crippen molar-refractivity contribution in [3.05, 3.63) is 52.8 Å². The van der Waals surface area contributed by atoms with E-state index in [-0.39, 0.29) is 28.6 Å². The van der Waals surface area contributed by atoms with E-state index in [0.717, 1.165) is 38.4 Å². The van der Waals surface area contributed by atoms with E-state index in [1.54, 1.807) is 12.1 Å². The molecular weight excluding hydrogens is 457 g/mol. The van der Waals surface area contributed by atoms with Gasteiger partial charge in [-0.05, 0) is 55.7 Å². The predicted molar refractivity (Wildman–Crippen MR) is 121 cm³/mol. The van der Waals surface area contributed by atoms with Crippen LogP contribution in [0, 0.1) is 5.82 Å². The van der Waals surface area contributed by atoms with Crippen molar-refractivity contribution in [1.82, 2.24) is 4.31 Å². The lowest BCUT2D eigenvalue weighted by Crippen LogP contribution is -2.40. The minimum absolute atomic E-state index is 0.0760. The SMILES string of the molecule is O=C(Nc1cc(S(=O)(=O)N2CCOCC2)ccc1N1CCCCC1)c1ccc(Cl)cc1F. The van der Waals surface area contributed by atoms with Crippen LogP contribution in [0.15, 0.2) is 41.3 Å². The normalized spacial score (nSPS) is 17.9. The number of benzene rings is 2. The van der Waals surface area contributed by atoms with Crippen LogP contribution in [-0.2, 0) is 14.8 Å². The maximum Gasteiger partial charge on any atom is 0.258 e. The molecule has 4 rings (SSSR count). The maximum absolute atomic E-state index is 14.3. The van der Waals surface area contributed by atoms with Gasteiger partial charge in [0.15, 0.2) is 0 Å². The Bertz CT molecular complexity index is 1100. The average Bonchev–Trinajstić information content (AvgIpc) is 2.80. The van der Waals surface area contributed by atoms with Gasteiger partial charge in [-0.15, -0.1) is 0 Å². The second-order valence-corrected chi connectivity index (χ2v) is 10.2. The van der Waals surface area contributed by atoms with Crippen molar-refractivity contribution in [3.8, 4) is 0 Å². The molecule has 7 nitrogen and oxygen atoms in total. The molecule has 0 atom stereocenters. The fourth-order valence-corrected chi connectivity index (χ4v) is 5.58. The molecule has 2 heterocycles. The molecule has 1 amide bonds. The molecule has 32 heavy (non-hydrogen) atoms. The van der Waals surface area contributed by atoms with E-state index in [4.69, 9.17) is 16.3 Å². The molecular formula is C22H25ClFN3O4S. The van der Waals surface area contributed by atoms with Crippen LogP contribution in [0.4, 0.5) is 15.8 Å². The number of hydrogen-bond acceptors (Lipinski definition) is 5. The summed E-state index contributed by atoms with van der Waals surface area (Å²) in [6.07, 6.45) is 3.14. The third-order valence-electron chi connectivity index (χ3n) is 5.70. The van der Waals surface area contributed by atoms with Crippen LogP contribution in [0.5, 0.6) is 0 Å². The van der Waals surface area contributed by atoms with E-state index < -0.39 is 21.7 Å². The van der Waals surface area contributed by atoms with Crippen molar-refractivity contribution in [2.45, 2.75) is 24.2 Å². The number of sulfonamides is 1. The van der Waals surface area contributed by atoms with Crippen molar-refractivity contribution in [1.29, 1.82) is 0 Å². The third-order valence-corrected chi connectivity index (χ3v) is 7.83. The summed E-state index contributed by atoms with van der Waals surface area (Å²) in [5, 5.41) is 2.92. The Morgan fingerprint density at radius 1 is 1.00 bits per heavy atom. The van der Waals surface area contributed by atoms with Gasteiger partial charge in [0.05, 0.1) is 35.0 Å². The summed E-state index contributed by atoms with van der Waals surface area (Å²) in [7, 11) is -3.75. The third kappa shape index (κ3) is 4.91. The molecule has 10 heteroatoms. The van der Waals surface area contributed by atoms with Crippen LogP contribution in [0.2, 0.25) is 5.02 Å². The number of rotatable bonds is 5. The van der Waals surface area contributed by atoms with Crippen LogP contribution in [-0.4, -0.2) is 58.0 Å². The Kier molecular flexibility index (Phi) is 6.99. The van der Waals surface area contributed by atoms with Gasteiger partial charge in [0, 0.05) is 31.2 Å². The summed E-state index contributed by atoms with van der Waals surface area (Å²) in [4.78, 5) is 15.0. The zero-order chi connectivity index (χ0) is 22.7. The molecule has 0 unspecified atom stereocenters. The Morgan fingerprint density at radius 3 is 2.41 bits per heavy atom. The zero-order valence-corrected chi connectivity index (χ0v) is 19.1. The number of halogens is 2. The van der Waals surface area contributed by atoms with E-state index in [1.165, 1.54) is 22.5 Å². The van der Waals surface area contributed by atoms with Gasteiger partial charge in [-0.2, -0.15) is 4.31 Å². The highest BCUT2D eigenvalue weighted by molar-refractivity contribution is 7.89. The number of piperidine rings is 1. The quantitative estimate of drug-likeness (QED) is 0.703. The lowest BCUT2D eigenvalue weighted by atomic mass is 10.1. The molecule has 2 aromatic rings. The topological polar surface area (TPSA) is 79.0 Å². The molecule has 0 aliphatic carbocycles. The molecule has 172 valence electrons. The van der Waals surface area contributed by atoms with Gasteiger partial charge in [-0.3, -0.25) is 4.79 Å². The molecule has 0 radical (unpaired) electrons. The minimum Gasteiger partial charge on any atom is -0.379 e. The average molecular weight is 482 g/mol. The van der Waals surface area contributed by atoms with Crippen molar-refractivity contribution < 1.29 is 22.3 Å². The number of morpholine rings is 1. The summed E-state index contributed by atoms with van der Waals surface area (Å²) < 4.78 is 47.2. The maximum atomic E-state index is 14.3. The highest BCUT2D eigenvalue weighted by Gasteiger charge is 2.28. The Morgan fingerprint density at radius 2 is 1.72 bits per heavy atom. The van der Waals surface area contributed by atoms with Crippen molar-refractivity contribution in [3.63, 3.8) is 0 Å². The molecule has 0 spiro atoms. The van der Waals surface area contributed by atoms with Gasteiger partial charge in [0.2, 0.25) is 10.0 Å². The molecule has 1 N–H and O–H groups in total. The fourth-order valence-electron chi connectivity index (χ4n) is 3.99. The van der Waals surface area contributed by atoms with Gasteiger partial charge in [0.1, 0.15) is 5.82 Å². The Balaban J connectivity index is 1.69. The summed E-state index contributed by atoms with van der Waals surface area (Å²) in [5.41, 5.74) is 0.884. The first-order chi connectivity index (χ1) is 15.4. The minimum atomic E-state index is -3.75. The number of ether oxygens (including phenoxy) is 1. The molecule has 0 saturated carbocycles. The van der Waals surface area contributed by atoms with Gasteiger partial charge >= 0.3 is 0 Å². The molecule has 2 fully saturated rings. The van der Waals surface area contributed by atoms with Crippen LogP contribution in [0.25, 0.3) is 0 Å². The van der Waals surface area contributed by atoms with Crippen molar-refractivity contribution >= 4 is 38.9 Å². The van der Waals surface area contributed by atoms with Gasteiger partial charge in [-0.1, -0.05) is 11.6 Å². The largest absolute Gasteiger partial charge is 0.379 e. The molecule has 2 aliphatic rings. The van der Waals surface area contributed by atoms with Crippen molar-refractivity contribution in [2.75, 3.05) is 49.6 Å². The molecule has 0 aromatic heterocycles. The first kappa shape index (κ1) is 23.0.